The van der Waals surface area contributed by atoms with Crippen molar-refractivity contribution in [2.24, 2.45) is 11.7 Å². The van der Waals surface area contributed by atoms with Gasteiger partial charge in [0.1, 0.15) is 6.04 Å². The van der Waals surface area contributed by atoms with E-state index in [-0.39, 0.29) is 18.2 Å². The molecule has 0 bridgehead atoms. The van der Waals surface area contributed by atoms with Crippen LogP contribution in [0.2, 0.25) is 0 Å². The van der Waals surface area contributed by atoms with Crippen LogP contribution >= 0.6 is 0 Å². The highest BCUT2D eigenvalue weighted by Gasteiger charge is 2.22. The molecule has 0 saturated carbocycles. The lowest BCUT2D eigenvalue weighted by atomic mass is 9.98. The second kappa shape index (κ2) is 8.25. The van der Waals surface area contributed by atoms with Crippen LogP contribution in [-0.2, 0) is 9.59 Å². The van der Waals surface area contributed by atoms with E-state index in [0.29, 0.717) is 0 Å². The number of nitrogens with two attached hydrogens (primary N) is 1. The predicted molar refractivity (Wildman–Crippen MR) is 85.4 cm³/mol. The molecule has 3 N–H and O–H groups in total. The van der Waals surface area contributed by atoms with E-state index in [1.54, 1.807) is 6.08 Å². The Bertz CT molecular complexity index is 506. The third kappa shape index (κ3) is 5.81. The van der Waals surface area contributed by atoms with Gasteiger partial charge in [-0.3, -0.25) is 9.59 Å². The van der Waals surface area contributed by atoms with E-state index in [1.807, 2.05) is 51.1 Å². The standard InChI is InChI=1S/C17H24N2O2/c1-4-13(3)16(17(18)21)19-15(20)7-5-6-14-10-8-12(2)9-11-14/h5-6,8-11,13,16H,4,7H2,1-3H3,(H2,18,21)(H,19,20). The van der Waals surface area contributed by atoms with Crippen LogP contribution in [0.5, 0.6) is 0 Å². The number of primary amides is 1. The van der Waals surface area contributed by atoms with Gasteiger partial charge in [-0.25, -0.2) is 0 Å². The van der Waals surface area contributed by atoms with Crippen molar-refractivity contribution in [1.29, 1.82) is 0 Å². The van der Waals surface area contributed by atoms with Crippen LogP contribution < -0.4 is 11.1 Å². The van der Waals surface area contributed by atoms with Gasteiger partial charge in [0.15, 0.2) is 0 Å². The van der Waals surface area contributed by atoms with Crippen molar-refractivity contribution in [3.05, 3.63) is 41.5 Å². The minimum absolute atomic E-state index is 0.0347. The van der Waals surface area contributed by atoms with Crippen LogP contribution in [0.3, 0.4) is 0 Å². The van der Waals surface area contributed by atoms with E-state index in [1.165, 1.54) is 5.56 Å². The molecule has 21 heavy (non-hydrogen) atoms. The molecular weight excluding hydrogens is 264 g/mol. The number of carbonyl (C=O) groups excluding carboxylic acids is 2. The quantitative estimate of drug-likeness (QED) is 0.808. The summed E-state index contributed by atoms with van der Waals surface area (Å²) < 4.78 is 0. The summed E-state index contributed by atoms with van der Waals surface area (Å²) >= 11 is 0. The second-order valence-corrected chi connectivity index (χ2v) is 5.35. The molecule has 0 spiro atoms. The van der Waals surface area contributed by atoms with Gasteiger partial charge in [0.25, 0.3) is 0 Å². The van der Waals surface area contributed by atoms with Gasteiger partial charge in [0, 0.05) is 6.42 Å². The Morgan fingerprint density at radius 3 is 2.43 bits per heavy atom. The first-order chi connectivity index (χ1) is 9.93. The van der Waals surface area contributed by atoms with Gasteiger partial charge >= 0.3 is 0 Å². The molecule has 1 aromatic rings. The van der Waals surface area contributed by atoms with Crippen molar-refractivity contribution in [1.82, 2.24) is 5.32 Å². The number of amides is 2. The molecule has 1 aromatic carbocycles. The maximum absolute atomic E-state index is 11.9. The van der Waals surface area contributed by atoms with Crippen molar-refractivity contribution in [2.45, 2.75) is 39.7 Å². The summed E-state index contributed by atoms with van der Waals surface area (Å²) in [6.07, 6.45) is 4.69. The summed E-state index contributed by atoms with van der Waals surface area (Å²) in [4.78, 5) is 23.2. The number of nitrogens with one attached hydrogen (secondary N) is 1. The summed E-state index contributed by atoms with van der Waals surface area (Å²) in [5.74, 6) is -0.643. The molecule has 2 amide bonds. The zero-order valence-electron chi connectivity index (χ0n) is 12.9. The maximum atomic E-state index is 11.9. The minimum Gasteiger partial charge on any atom is -0.368 e. The summed E-state index contributed by atoms with van der Waals surface area (Å²) in [5.41, 5.74) is 7.56. The zero-order valence-corrected chi connectivity index (χ0v) is 12.9. The van der Waals surface area contributed by atoms with Gasteiger partial charge in [-0.1, -0.05) is 62.2 Å². The molecular formula is C17H24N2O2. The number of hydrogen-bond acceptors (Lipinski definition) is 2. The first-order valence-corrected chi connectivity index (χ1v) is 7.26. The lowest BCUT2D eigenvalue weighted by molar-refractivity contribution is -0.128. The van der Waals surface area contributed by atoms with Gasteiger partial charge in [-0.2, -0.15) is 0 Å². The zero-order chi connectivity index (χ0) is 15.8. The van der Waals surface area contributed by atoms with Crippen LogP contribution in [-0.4, -0.2) is 17.9 Å². The molecule has 0 aliphatic rings. The summed E-state index contributed by atoms with van der Waals surface area (Å²) in [7, 11) is 0. The van der Waals surface area contributed by atoms with Gasteiger partial charge in [0.2, 0.25) is 11.8 Å². The Labute approximate surface area is 126 Å². The average Bonchev–Trinajstić information content (AvgIpc) is 2.45. The lowest BCUT2D eigenvalue weighted by Crippen LogP contribution is -2.48. The second-order valence-electron chi connectivity index (χ2n) is 5.35. The molecule has 0 aromatic heterocycles. The fourth-order valence-electron chi connectivity index (χ4n) is 1.94. The van der Waals surface area contributed by atoms with Crippen LogP contribution in [0.1, 0.15) is 37.8 Å². The lowest BCUT2D eigenvalue weighted by Gasteiger charge is -2.20. The molecule has 0 radical (unpaired) electrons. The number of rotatable bonds is 7. The highest BCUT2D eigenvalue weighted by Crippen LogP contribution is 2.08. The van der Waals surface area contributed by atoms with E-state index in [2.05, 4.69) is 5.32 Å². The van der Waals surface area contributed by atoms with Crippen LogP contribution in [0.4, 0.5) is 0 Å². The fourth-order valence-corrected chi connectivity index (χ4v) is 1.94. The summed E-state index contributed by atoms with van der Waals surface area (Å²) in [6.45, 7) is 5.89. The van der Waals surface area contributed by atoms with Gasteiger partial charge in [-0.15, -0.1) is 0 Å². The molecule has 0 heterocycles. The smallest absolute Gasteiger partial charge is 0.240 e. The van der Waals surface area contributed by atoms with Crippen LogP contribution in [0, 0.1) is 12.8 Å². The Balaban J connectivity index is 2.53. The number of carbonyl (C=O) groups is 2. The van der Waals surface area contributed by atoms with E-state index in [4.69, 9.17) is 5.73 Å². The molecule has 2 unspecified atom stereocenters. The SMILES string of the molecule is CCC(C)C(NC(=O)CC=Cc1ccc(C)cc1)C(N)=O. The molecule has 0 aliphatic heterocycles. The third-order valence-corrected chi connectivity index (χ3v) is 3.53. The average molecular weight is 288 g/mol. The van der Waals surface area contributed by atoms with Crippen LogP contribution in [0.25, 0.3) is 6.08 Å². The Kier molecular flexibility index (Phi) is 6.66. The molecule has 1 rings (SSSR count). The highest BCUT2D eigenvalue weighted by molar-refractivity contribution is 5.87. The van der Waals surface area contributed by atoms with Crippen molar-refractivity contribution >= 4 is 17.9 Å². The monoisotopic (exact) mass is 288 g/mol. The first-order valence-electron chi connectivity index (χ1n) is 7.26. The Morgan fingerprint density at radius 2 is 1.90 bits per heavy atom. The normalized spacial score (nSPS) is 13.9. The minimum atomic E-state index is -0.602. The summed E-state index contributed by atoms with van der Waals surface area (Å²) in [5, 5.41) is 2.70. The topological polar surface area (TPSA) is 72.2 Å². The van der Waals surface area contributed by atoms with E-state index >= 15 is 0 Å². The molecule has 0 aliphatic carbocycles. The third-order valence-electron chi connectivity index (χ3n) is 3.53. The van der Waals surface area contributed by atoms with Crippen molar-refractivity contribution in [3.63, 3.8) is 0 Å². The highest BCUT2D eigenvalue weighted by atomic mass is 16.2. The van der Waals surface area contributed by atoms with E-state index in [9.17, 15) is 9.59 Å². The molecule has 2 atom stereocenters. The number of hydrogen-bond donors (Lipinski definition) is 2. The molecule has 0 saturated heterocycles. The van der Waals surface area contributed by atoms with E-state index in [0.717, 1.165) is 12.0 Å². The molecule has 4 heteroatoms. The summed E-state index contributed by atoms with van der Waals surface area (Å²) in [6, 6.07) is 7.43. The molecule has 4 nitrogen and oxygen atoms in total. The van der Waals surface area contributed by atoms with Crippen LogP contribution in [0.15, 0.2) is 30.3 Å². The number of aryl methyl sites for hydroxylation is 1. The van der Waals surface area contributed by atoms with Gasteiger partial charge in [-0.05, 0) is 18.4 Å². The fraction of sp³-hybridized carbons (Fsp3) is 0.412. The van der Waals surface area contributed by atoms with Gasteiger partial charge < -0.3 is 11.1 Å². The van der Waals surface area contributed by atoms with Gasteiger partial charge in [0.05, 0.1) is 0 Å². The van der Waals surface area contributed by atoms with E-state index < -0.39 is 11.9 Å². The predicted octanol–water partition coefficient (Wildman–Crippen LogP) is 2.41. The van der Waals surface area contributed by atoms with Crippen molar-refractivity contribution in [2.75, 3.05) is 0 Å². The van der Waals surface area contributed by atoms with Crippen molar-refractivity contribution < 1.29 is 9.59 Å². The maximum Gasteiger partial charge on any atom is 0.240 e. The van der Waals surface area contributed by atoms with Crippen molar-refractivity contribution in [3.8, 4) is 0 Å². The largest absolute Gasteiger partial charge is 0.368 e. The first kappa shape index (κ1) is 17.0. The Hall–Kier alpha value is -2.10. The number of benzene rings is 1. The Morgan fingerprint density at radius 1 is 1.29 bits per heavy atom. The molecule has 114 valence electrons. The molecule has 0 fully saturated rings.